The monoisotopic (exact) mass is 648 g/mol. The van der Waals surface area contributed by atoms with Crippen LogP contribution in [0.5, 0.6) is 0 Å². The van der Waals surface area contributed by atoms with Gasteiger partial charge >= 0.3 is 0 Å². The fourth-order valence-electron chi connectivity index (χ4n) is 8.21. The van der Waals surface area contributed by atoms with E-state index < -0.39 is 0 Å². The Bertz CT molecular complexity index is 1780. The van der Waals surface area contributed by atoms with E-state index in [1.807, 2.05) is 6.20 Å². The first-order valence-electron chi connectivity index (χ1n) is 15.6. The Kier molecular flexibility index (Phi) is 10.7. The lowest BCUT2D eigenvalue weighted by atomic mass is 9.81. The Morgan fingerprint density at radius 1 is 0.609 bits per heavy atom. The molecule has 3 fully saturated rings. The van der Waals surface area contributed by atoms with Gasteiger partial charge in [0.05, 0.1) is 35.0 Å². The number of aromatic nitrogens is 4. The lowest BCUT2D eigenvalue weighted by molar-refractivity contribution is 0.613. The first kappa shape index (κ1) is 35.2. The number of imidazole rings is 2. The average molecular weight is 649 g/mol. The summed E-state index contributed by atoms with van der Waals surface area (Å²) in [5.74, 6) is 3.49. The van der Waals surface area contributed by atoms with Crippen molar-refractivity contribution in [2.75, 3.05) is 13.1 Å². The third-order valence-electron chi connectivity index (χ3n) is 10.2. The van der Waals surface area contributed by atoms with E-state index >= 15 is 0 Å². The Morgan fingerprint density at radius 3 is 1.83 bits per heavy atom. The van der Waals surface area contributed by atoms with Gasteiger partial charge in [-0.05, 0) is 121 Å². The highest BCUT2D eigenvalue weighted by Crippen LogP contribution is 2.58. The SMILES string of the molecule is Cl.O.O.O.O.c1cc(-c2ccc(-c3ccc4nc([C@@H]5CCCN5)[nH]c4c3)c3c2[C@@H]2CC[C@H]3C2)ccc1-c1cnc([C@@H]2CCCN2)[nH]1. The molecule has 5 aromatic rings. The van der Waals surface area contributed by atoms with Crippen molar-refractivity contribution in [3.8, 4) is 33.5 Å². The summed E-state index contributed by atoms with van der Waals surface area (Å²) in [7, 11) is 0. The fraction of sp³-hybridized carbons (Fsp3) is 0.371. The highest BCUT2D eigenvalue weighted by molar-refractivity contribution is 5.86. The summed E-state index contributed by atoms with van der Waals surface area (Å²) in [5.41, 5.74) is 13.2. The molecule has 2 aliphatic heterocycles. The molecule has 2 bridgehead atoms. The van der Waals surface area contributed by atoms with E-state index in [2.05, 4.69) is 80.2 Å². The van der Waals surface area contributed by atoms with Crippen molar-refractivity contribution in [1.82, 2.24) is 30.6 Å². The number of nitrogens with one attached hydrogen (secondary N) is 4. The summed E-state index contributed by atoms with van der Waals surface area (Å²) < 4.78 is 0. The Hall–Kier alpha value is -3.61. The van der Waals surface area contributed by atoms with E-state index in [9.17, 15) is 0 Å². The maximum atomic E-state index is 4.92. The molecule has 2 saturated heterocycles. The van der Waals surface area contributed by atoms with Gasteiger partial charge in [-0.2, -0.15) is 0 Å². The van der Waals surface area contributed by atoms with Gasteiger partial charge in [0.2, 0.25) is 0 Å². The largest absolute Gasteiger partial charge is 0.412 e. The van der Waals surface area contributed by atoms with Crippen LogP contribution in [0.4, 0.5) is 0 Å². The van der Waals surface area contributed by atoms with Crippen molar-refractivity contribution in [3.05, 3.63) is 83.6 Å². The second kappa shape index (κ2) is 14.0. The summed E-state index contributed by atoms with van der Waals surface area (Å²) in [5, 5.41) is 7.12. The summed E-state index contributed by atoms with van der Waals surface area (Å²) in [6, 6.07) is 21.4. The normalized spacial score (nSPS) is 22.3. The molecule has 4 aliphatic rings. The number of nitrogens with zero attached hydrogens (tertiary/aromatic N) is 2. The summed E-state index contributed by atoms with van der Waals surface area (Å²) in [4.78, 5) is 16.8. The lowest BCUT2D eigenvalue weighted by Gasteiger charge is -2.23. The van der Waals surface area contributed by atoms with Gasteiger partial charge in [0.15, 0.2) is 0 Å². The van der Waals surface area contributed by atoms with E-state index in [0.717, 1.165) is 54.3 Å². The Labute approximate surface area is 274 Å². The molecule has 2 aromatic heterocycles. The maximum absolute atomic E-state index is 4.92. The van der Waals surface area contributed by atoms with Gasteiger partial charge in [0.1, 0.15) is 11.6 Å². The second-order valence-corrected chi connectivity index (χ2v) is 12.6. The van der Waals surface area contributed by atoms with Crippen LogP contribution in [-0.2, 0) is 0 Å². The number of hydrogen-bond acceptors (Lipinski definition) is 4. The van der Waals surface area contributed by atoms with Crippen LogP contribution >= 0.6 is 12.4 Å². The van der Waals surface area contributed by atoms with Crippen LogP contribution in [0.25, 0.3) is 44.5 Å². The van der Waals surface area contributed by atoms with Gasteiger partial charge in [-0.3, -0.25) is 0 Å². The van der Waals surface area contributed by atoms with Gasteiger partial charge < -0.3 is 42.5 Å². The van der Waals surface area contributed by atoms with E-state index in [1.54, 1.807) is 11.1 Å². The van der Waals surface area contributed by atoms with E-state index in [4.69, 9.17) is 4.98 Å². The number of aromatic amines is 2. The molecule has 11 heteroatoms. The molecule has 9 rings (SSSR count). The summed E-state index contributed by atoms with van der Waals surface area (Å²) in [6.45, 7) is 2.16. The third-order valence-corrected chi connectivity index (χ3v) is 10.2. The number of H-pyrrole nitrogens is 2. The average Bonchev–Trinajstić information content (AvgIpc) is 3.86. The molecule has 46 heavy (non-hydrogen) atoms. The van der Waals surface area contributed by atoms with Crippen LogP contribution in [0.15, 0.2) is 60.8 Å². The first-order chi connectivity index (χ1) is 20.3. The second-order valence-electron chi connectivity index (χ2n) is 12.6. The van der Waals surface area contributed by atoms with Crippen LogP contribution in [0.1, 0.15) is 91.6 Å². The van der Waals surface area contributed by atoms with Gasteiger partial charge in [-0.1, -0.05) is 42.5 Å². The molecule has 0 spiro atoms. The molecule has 0 amide bonds. The van der Waals surface area contributed by atoms with E-state index in [1.165, 1.54) is 59.9 Å². The summed E-state index contributed by atoms with van der Waals surface area (Å²) >= 11 is 0. The highest BCUT2D eigenvalue weighted by atomic mass is 35.5. The van der Waals surface area contributed by atoms with Crippen LogP contribution in [0.3, 0.4) is 0 Å². The molecular weight excluding hydrogens is 604 g/mol. The van der Waals surface area contributed by atoms with Crippen molar-refractivity contribution < 1.29 is 21.9 Å². The zero-order valence-corrected chi connectivity index (χ0v) is 26.6. The third kappa shape index (κ3) is 5.75. The zero-order chi connectivity index (χ0) is 26.9. The zero-order valence-electron chi connectivity index (χ0n) is 25.7. The Balaban J connectivity index is 0.000000960. The van der Waals surface area contributed by atoms with Crippen LogP contribution in [0.2, 0.25) is 0 Å². The molecule has 2 aliphatic carbocycles. The highest BCUT2D eigenvalue weighted by Gasteiger charge is 2.40. The van der Waals surface area contributed by atoms with Crippen molar-refractivity contribution in [2.45, 2.75) is 68.9 Å². The van der Waals surface area contributed by atoms with Crippen molar-refractivity contribution >= 4 is 23.4 Å². The number of hydrogen-bond donors (Lipinski definition) is 4. The molecule has 3 aromatic carbocycles. The van der Waals surface area contributed by atoms with Gasteiger partial charge in [-0.25, -0.2) is 9.97 Å². The van der Waals surface area contributed by atoms with Crippen molar-refractivity contribution in [3.63, 3.8) is 0 Å². The van der Waals surface area contributed by atoms with Gasteiger partial charge in [-0.15, -0.1) is 12.4 Å². The van der Waals surface area contributed by atoms with E-state index in [-0.39, 0.29) is 34.3 Å². The van der Waals surface area contributed by atoms with E-state index in [0.29, 0.717) is 23.9 Å². The number of fused-ring (bicyclic) bond motifs is 6. The minimum absolute atomic E-state index is 0. The van der Waals surface area contributed by atoms with Gasteiger partial charge in [0, 0.05) is 0 Å². The predicted octanol–water partition coefficient (Wildman–Crippen LogP) is 4.62. The molecule has 4 atom stereocenters. The molecule has 10 nitrogen and oxygen atoms in total. The topological polar surface area (TPSA) is 207 Å². The molecule has 246 valence electrons. The number of benzene rings is 3. The van der Waals surface area contributed by atoms with Crippen molar-refractivity contribution in [2.24, 2.45) is 0 Å². The first-order valence-corrected chi connectivity index (χ1v) is 15.6. The maximum Gasteiger partial charge on any atom is 0.124 e. The number of halogens is 1. The molecule has 4 heterocycles. The van der Waals surface area contributed by atoms with Crippen LogP contribution in [0, 0.1) is 0 Å². The molecule has 0 unspecified atom stereocenters. The summed E-state index contributed by atoms with van der Waals surface area (Å²) in [6.07, 6.45) is 10.7. The quantitative estimate of drug-likeness (QED) is 0.215. The smallest absolute Gasteiger partial charge is 0.124 e. The molecule has 1 saturated carbocycles. The van der Waals surface area contributed by atoms with Crippen LogP contribution < -0.4 is 10.6 Å². The standard InChI is InChI=1S/C35H36N6.ClH.4H2O/c1-3-28(36-15-1)34-38-19-31(41-34)21-7-5-20(6-8-21)25-12-13-26(33-24-10-9-23(17-24)32(25)33)22-11-14-27-30(18-22)40-35(39-27)29-4-2-16-37-29;;;;;/h5-8,11-14,18-19,23-24,28-29,36-37H,1-4,9-10,15-17H2,(H,38,41)(H,39,40);1H;4*1H2/t23-,24+,28+,29+;;;;;/m1...../s1. The minimum atomic E-state index is 0. The molecule has 0 radical (unpaired) electrons. The Morgan fingerprint density at radius 2 is 1.20 bits per heavy atom. The fourth-order valence-corrected chi connectivity index (χ4v) is 8.21. The predicted molar refractivity (Wildman–Crippen MR) is 186 cm³/mol. The van der Waals surface area contributed by atoms with Gasteiger partial charge in [0.25, 0.3) is 0 Å². The number of rotatable bonds is 5. The molecule has 12 N–H and O–H groups in total. The van der Waals surface area contributed by atoms with Crippen molar-refractivity contribution in [1.29, 1.82) is 0 Å². The molecular formula is C35H45ClN6O4. The van der Waals surface area contributed by atoms with Crippen LogP contribution in [-0.4, -0.2) is 54.9 Å². The minimum Gasteiger partial charge on any atom is -0.412 e. The lowest BCUT2D eigenvalue weighted by Crippen LogP contribution is -2.14.